The normalized spacial score (nSPS) is 11.7. The number of halogens is 2. The van der Waals surface area contributed by atoms with Crippen molar-refractivity contribution in [1.29, 1.82) is 0 Å². The third-order valence-electron chi connectivity index (χ3n) is 5.50. The van der Waals surface area contributed by atoms with Crippen LogP contribution in [0.3, 0.4) is 0 Å². The van der Waals surface area contributed by atoms with Crippen LogP contribution < -0.4 is 16.2 Å². The highest BCUT2D eigenvalue weighted by atomic mass is 19.1. The number of likely N-dealkylation sites (N-methyl/N-ethyl adjacent to an activating group) is 1. The molecule has 0 aliphatic carbocycles. The van der Waals surface area contributed by atoms with Crippen molar-refractivity contribution in [3.05, 3.63) is 106 Å². The number of hydrogen-bond donors (Lipinski definition) is 2. The number of anilines is 1. The Morgan fingerprint density at radius 1 is 0.917 bits per heavy atom. The molecule has 2 aromatic heterocycles. The second-order valence-corrected chi connectivity index (χ2v) is 7.91. The topological polar surface area (TPSA) is 106 Å². The van der Waals surface area contributed by atoms with E-state index >= 15 is 0 Å². The van der Waals surface area contributed by atoms with Crippen LogP contribution >= 0.6 is 0 Å². The Morgan fingerprint density at radius 3 is 2.19 bits per heavy atom. The molecule has 0 aliphatic heterocycles. The highest BCUT2D eigenvalue weighted by molar-refractivity contribution is 6.09. The molecule has 10 heteroatoms. The molecule has 1 amide bonds. The minimum absolute atomic E-state index is 0.0942. The largest absolute Gasteiger partial charge is 0.319 e. The molecule has 0 radical (unpaired) electrons. The Hall–Kier alpha value is -4.57. The first-order valence-corrected chi connectivity index (χ1v) is 10.9. The van der Waals surface area contributed by atoms with Gasteiger partial charge in [-0.25, -0.2) is 13.8 Å². The summed E-state index contributed by atoms with van der Waals surface area (Å²) in [5, 5.41) is 5.33. The molecule has 0 fully saturated rings. The fourth-order valence-corrected chi connectivity index (χ4v) is 3.40. The second kappa shape index (κ2) is 10.4. The number of carbonyl (C=O) groups is 2. The molecule has 4 rings (SSSR count). The van der Waals surface area contributed by atoms with Crippen LogP contribution in [0.2, 0.25) is 0 Å². The molecule has 36 heavy (non-hydrogen) atoms. The molecule has 0 aliphatic rings. The zero-order chi connectivity index (χ0) is 25.8. The maximum atomic E-state index is 13.5. The molecule has 182 valence electrons. The molecule has 0 saturated heterocycles. The molecular weight excluding hydrogens is 468 g/mol. The van der Waals surface area contributed by atoms with E-state index in [9.17, 15) is 23.2 Å². The van der Waals surface area contributed by atoms with Gasteiger partial charge in [0.1, 0.15) is 23.1 Å². The lowest BCUT2D eigenvalue weighted by molar-refractivity contribution is -0.117. The molecule has 0 bridgehead atoms. The van der Waals surface area contributed by atoms with E-state index in [1.54, 1.807) is 14.0 Å². The van der Waals surface area contributed by atoms with Crippen molar-refractivity contribution in [2.24, 2.45) is 0 Å². The lowest BCUT2D eigenvalue weighted by Crippen LogP contribution is -2.37. The standard InChI is InChI=1S/C26H21F2N5O3/c1-15(29-2)25(35)32-22-14-31-24(17-5-9-20(28)10-6-17)33(26(22)36)21-11-18(12-30-13-21)23(34)16-3-7-19(27)8-4-16/h3-15,29H,1-2H3,(H,32,35)/t15-/m0/s1. The van der Waals surface area contributed by atoms with Crippen LogP contribution in [0, 0.1) is 11.6 Å². The van der Waals surface area contributed by atoms with Gasteiger partial charge in [-0.05, 0) is 68.6 Å². The molecule has 0 spiro atoms. The van der Waals surface area contributed by atoms with E-state index in [1.807, 2.05) is 0 Å². The van der Waals surface area contributed by atoms with E-state index in [0.29, 0.717) is 5.56 Å². The zero-order valence-electron chi connectivity index (χ0n) is 19.3. The van der Waals surface area contributed by atoms with Gasteiger partial charge in [-0.15, -0.1) is 0 Å². The summed E-state index contributed by atoms with van der Waals surface area (Å²) in [6.07, 6.45) is 3.91. The monoisotopic (exact) mass is 489 g/mol. The van der Waals surface area contributed by atoms with Crippen LogP contribution in [-0.2, 0) is 4.79 Å². The van der Waals surface area contributed by atoms with E-state index in [0.717, 1.165) is 0 Å². The van der Waals surface area contributed by atoms with E-state index in [4.69, 9.17) is 0 Å². The van der Waals surface area contributed by atoms with Crippen molar-refractivity contribution in [1.82, 2.24) is 19.9 Å². The number of nitrogens with zero attached hydrogens (tertiary/aromatic N) is 3. The highest BCUT2D eigenvalue weighted by Gasteiger charge is 2.19. The quantitative estimate of drug-likeness (QED) is 0.386. The van der Waals surface area contributed by atoms with Crippen molar-refractivity contribution in [2.45, 2.75) is 13.0 Å². The number of rotatable bonds is 7. The van der Waals surface area contributed by atoms with Crippen LogP contribution in [0.25, 0.3) is 17.1 Å². The van der Waals surface area contributed by atoms with Crippen LogP contribution in [0.5, 0.6) is 0 Å². The number of hydrogen-bond acceptors (Lipinski definition) is 6. The smallest absolute Gasteiger partial charge is 0.282 e. The van der Waals surface area contributed by atoms with Crippen LogP contribution in [-0.4, -0.2) is 39.3 Å². The third-order valence-corrected chi connectivity index (χ3v) is 5.50. The van der Waals surface area contributed by atoms with Gasteiger partial charge in [-0.1, -0.05) is 0 Å². The second-order valence-electron chi connectivity index (χ2n) is 7.91. The van der Waals surface area contributed by atoms with Crippen molar-refractivity contribution < 1.29 is 18.4 Å². The number of benzene rings is 2. The minimum atomic E-state index is -0.630. The Kier molecular flexibility index (Phi) is 7.07. The average molecular weight is 489 g/mol. The van der Waals surface area contributed by atoms with Gasteiger partial charge in [0.25, 0.3) is 5.56 Å². The molecule has 2 N–H and O–H groups in total. The van der Waals surface area contributed by atoms with Crippen molar-refractivity contribution >= 4 is 17.4 Å². The predicted molar refractivity (Wildman–Crippen MR) is 130 cm³/mol. The van der Waals surface area contributed by atoms with Crippen molar-refractivity contribution in [3.8, 4) is 17.1 Å². The zero-order valence-corrected chi connectivity index (χ0v) is 19.3. The lowest BCUT2D eigenvalue weighted by atomic mass is 10.0. The minimum Gasteiger partial charge on any atom is -0.319 e. The molecule has 4 aromatic rings. The summed E-state index contributed by atoms with van der Waals surface area (Å²) in [4.78, 5) is 47.3. The fourth-order valence-electron chi connectivity index (χ4n) is 3.40. The SMILES string of the molecule is CN[C@@H](C)C(=O)Nc1cnc(-c2ccc(F)cc2)n(-c2cncc(C(=O)c3ccc(F)cc3)c2)c1=O. The van der Waals surface area contributed by atoms with Gasteiger partial charge in [0.2, 0.25) is 5.91 Å². The van der Waals surface area contributed by atoms with E-state index in [2.05, 4.69) is 20.6 Å². The maximum Gasteiger partial charge on any atom is 0.282 e. The van der Waals surface area contributed by atoms with E-state index in [1.165, 1.54) is 77.8 Å². The summed E-state index contributed by atoms with van der Waals surface area (Å²) in [5.41, 5.74) is 0.274. The Morgan fingerprint density at radius 2 is 1.56 bits per heavy atom. The first kappa shape index (κ1) is 24.6. The number of ketones is 1. The van der Waals surface area contributed by atoms with Gasteiger partial charge in [0.05, 0.1) is 24.1 Å². The molecule has 2 heterocycles. The third kappa shape index (κ3) is 5.08. The summed E-state index contributed by atoms with van der Waals surface area (Å²) in [5.74, 6) is -1.68. The summed E-state index contributed by atoms with van der Waals surface area (Å²) >= 11 is 0. The molecule has 0 unspecified atom stereocenters. The Bertz CT molecular complexity index is 1490. The number of pyridine rings is 1. The molecule has 1 atom stereocenters. The first-order chi connectivity index (χ1) is 17.3. The summed E-state index contributed by atoms with van der Waals surface area (Å²) in [6.45, 7) is 1.63. The van der Waals surface area contributed by atoms with Gasteiger partial charge in [-0.3, -0.25) is 23.9 Å². The fraction of sp³-hybridized carbons (Fsp3) is 0.115. The number of aromatic nitrogens is 3. The summed E-state index contributed by atoms with van der Waals surface area (Å²) in [7, 11) is 1.60. The van der Waals surface area contributed by atoms with E-state index in [-0.39, 0.29) is 28.3 Å². The molecule has 8 nitrogen and oxygen atoms in total. The van der Waals surface area contributed by atoms with Gasteiger partial charge in [-0.2, -0.15) is 0 Å². The number of carbonyl (C=O) groups excluding carboxylic acids is 2. The molecule has 0 saturated carbocycles. The van der Waals surface area contributed by atoms with Crippen LogP contribution in [0.15, 0.2) is 78.0 Å². The maximum absolute atomic E-state index is 13.5. The van der Waals surface area contributed by atoms with Crippen LogP contribution in [0.4, 0.5) is 14.5 Å². The van der Waals surface area contributed by atoms with E-state index < -0.39 is 34.9 Å². The van der Waals surface area contributed by atoms with Crippen molar-refractivity contribution in [2.75, 3.05) is 12.4 Å². The summed E-state index contributed by atoms with van der Waals surface area (Å²) in [6, 6.07) is 11.3. The van der Waals surface area contributed by atoms with Gasteiger partial charge in [0.15, 0.2) is 5.78 Å². The first-order valence-electron chi connectivity index (χ1n) is 10.9. The lowest BCUT2D eigenvalue weighted by Gasteiger charge is -2.16. The number of amides is 1. The molecular formula is C26H21F2N5O3. The van der Waals surface area contributed by atoms with Gasteiger partial charge < -0.3 is 10.6 Å². The summed E-state index contributed by atoms with van der Waals surface area (Å²) < 4.78 is 28.0. The van der Waals surface area contributed by atoms with Crippen molar-refractivity contribution in [3.63, 3.8) is 0 Å². The Balaban J connectivity index is 1.85. The highest BCUT2D eigenvalue weighted by Crippen LogP contribution is 2.22. The van der Waals surface area contributed by atoms with Gasteiger partial charge in [0, 0.05) is 22.9 Å². The van der Waals surface area contributed by atoms with Gasteiger partial charge >= 0.3 is 0 Å². The predicted octanol–water partition coefficient (Wildman–Crippen LogP) is 3.35. The van der Waals surface area contributed by atoms with Crippen LogP contribution in [0.1, 0.15) is 22.8 Å². The Labute approximate surface area is 204 Å². The molecule has 2 aromatic carbocycles. The average Bonchev–Trinajstić information content (AvgIpc) is 2.89. The number of nitrogens with one attached hydrogen (secondary N) is 2.